The summed E-state index contributed by atoms with van der Waals surface area (Å²) in [4.78, 5) is 15.7. The molecule has 1 aliphatic heterocycles. The molecule has 6 heteroatoms. The Hall–Kier alpha value is -3.02. The van der Waals surface area contributed by atoms with Gasteiger partial charge in [0.15, 0.2) is 11.5 Å². The lowest BCUT2D eigenvalue weighted by atomic mass is 9.95. The molecule has 134 valence electrons. The summed E-state index contributed by atoms with van der Waals surface area (Å²) in [5.74, 6) is 0.809. The minimum Gasteiger partial charge on any atom is -0.493 e. The van der Waals surface area contributed by atoms with E-state index in [1.54, 1.807) is 13.2 Å². The molecule has 0 fully saturated rings. The fourth-order valence-electron chi connectivity index (χ4n) is 3.31. The SMILES string of the molecule is COc1cccc2c1OC[C@@H](C(=O)NCc1cc3cc(F)ccc3[nH]1)C2. The van der Waals surface area contributed by atoms with Crippen molar-refractivity contribution in [3.63, 3.8) is 0 Å². The molecule has 1 aliphatic rings. The Morgan fingerprint density at radius 1 is 1.35 bits per heavy atom. The number of halogens is 1. The first kappa shape index (κ1) is 16.4. The molecule has 2 heterocycles. The zero-order valence-corrected chi connectivity index (χ0v) is 14.3. The van der Waals surface area contributed by atoms with Crippen LogP contribution >= 0.6 is 0 Å². The van der Waals surface area contributed by atoms with Crippen molar-refractivity contribution in [3.8, 4) is 11.5 Å². The summed E-state index contributed by atoms with van der Waals surface area (Å²) in [6, 6.07) is 12.1. The van der Waals surface area contributed by atoms with Gasteiger partial charge >= 0.3 is 0 Å². The number of hydrogen-bond donors (Lipinski definition) is 2. The highest BCUT2D eigenvalue weighted by Gasteiger charge is 2.27. The van der Waals surface area contributed by atoms with E-state index in [-0.39, 0.29) is 17.6 Å². The number of amides is 1. The van der Waals surface area contributed by atoms with Crippen LogP contribution in [0.5, 0.6) is 11.5 Å². The molecular formula is C20H19FN2O3. The first-order valence-electron chi connectivity index (χ1n) is 8.47. The normalized spacial score (nSPS) is 16.0. The fraction of sp³-hybridized carbons (Fsp3) is 0.250. The Kier molecular flexibility index (Phi) is 4.24. The van der Waals surface area contributed by atoms with E-state index in [4.69, 9.17) is 9.47 Å². The minimum absolute atomic E-state index is 0.0664. The van der Waals surface area contributed by atoms with Crippen LogP contribution in [0.3, 0.4) is 0 Å². The second kappa shape index (κ2) is 6.71. The number of H-pyrrole nitrogens is 1. The van der Waals surface area contributed by atoms with Crippen LogP contribution in [0.15, 0.2) is 42.5 Å². The van der Waals surface area contributed by atoms with E-state index in [0.29, 0.717) is 25.3 Å². The van der Waals surface area contributed by atoms with E-state index in [9.17, 15) is 9.18 Å². The molecule has 2 N–H and O–H groups in total. The maximum atomic E-state index is 13.3. The highest BCUT2D eigenvalue weighted by atomic mass is 19.1. The van der Waals surface area contributed by atoms with E-state index < -0.39 is 0 Å². The quantitative estimate of drug-likeness (QED) is 0.756. The summed E-state index contributed by atoms with van der Waals surface area (Å²) in [6.07, 6.45) is 0.607. The van der Waals surface area contributed by atoms with E-state index in [0.717, 1.165) is 27.9 Å². The third kappa shape index (κ3) is 3.10. The average Bonchev–Trinajstić information content (AvgIpc) is 3.07. The summed E-state index contributed by atoms with van der Waals surface area (Å²) < 4.78 is 24.3. The second-order valence-corrected chi connectivity index (χ2v) is 6.40. The van der Waals surface area contributed by atoms with E-state index in [2.05, 4.69) is 10.3 Å². The van der Waals surface area contributed by atoms with Gasteiger partial charge in [-0.3, -0.25) is 4.79 Å². The second-order valence-electron chi connectivity index (χ2n) is 6.40. The Bertz CT molecular complexity index is 967. The summed E-state index contributed by atoms with van der Waals surface area (Å²) in [5, 5.41) is 3.72. The highest BCUT2D eigenvalue weighted by Crippen LogP contribution is 2.36. The Morgan fingerprint density at radius 2 is 2.23 bits per heavy atom. The van der Waals surface area contributed by atoms with Crippen molar-refractivity contribution < 1.29 is 18.7 Å². The third-order valence-electron chi connectivity index (χ3n) is 4.64. The monoisotopic (exact) mass is 354 g/mol. The number of nitrogens with one attached hydrogen (secondary N) is 2. The molecule has 0 aliphatic carbocycles. The van der Waals surface area contributed by atoms with Gasteiger partial charge in [0.1, 0.15) is 12.4 Å². The standard InChI is InChI=1S/C20H19FN2O3/c1-25-18-4-2-3-12-7-14(11-26-19(12)18)20(24)22-10-16-9-13-8-15(21)5-6-17(13)23-16/h2-6,8-9,14,23H,7,10-11H2,1H3,(H,22,24)/t14-/m0/s1. The Labute approximate surface area is 150 Å². The smallest absolute Gasteiger partial charge is 0.227 e. The van der Waals surface area contributed by atoms with Crippen LogP contribution in [0.2, 0.25) is 0 Å². The molecule has 0 saturated heterocycles. The maximum absolute atomic E-state index is 13.3. The van der Waals surface area contributed by atoms with E-state index in [1.807, 2.05) is 24.3 Å². The van der Waals surface area contributed by atoms with Gasteiger partial charge in [0.05, 0.1) is 19.6 Å². The number of carbonyl (C=O) groups excluding carboxylic acids is 1. The van der Waals surface area contributed by atoms with Crippen molar-refractivity contribution in [1.82, 2.24) is 10.3 Å². The number of methoxy groups -OCH3 is 1. The van der Waals surface area contributed by atoms with Gasteiger partial charge < -0.3 is 19.8 Å². The summed E-state index contributed by atoms with van der Waals surface area (Å²) >= 11 is 0. The average molecular weight is 354 g/mol. The van der Waals surface area contributed by atoms with Gasteiger partial charge in [-0.05, 0) is 42.3 Å². The molecule has 1 aromatic heterocycles. The van der Waals surface area contributed by atoms with Crippen LogP contribution in [-0.4, -0.2) is 24.6 Å². The molecule has 0 saturated carbocycles. The largest absolute Gasteiger partial charge is 0.493 e. The number of benzene rings is 2. The van der Waals surface area contributed by atoms with Gasteiger partial charge in [-0.2, -0.15) is 0 Å². The minimum atomic E-state index is -0.277. The lowest BCUT2D eigenvalue weighted by Crippen LogP contribution is -2.37. The fourth-order valence-corrected chi connectivity index (χ4v) is 3.31. The molecular weight excluding hydrogens is 335 g/mol. The lowest BCUT2D eigenvalue weighted by molar-refractivity contribution is -0.126. The topological polar surface area (TPSA) is 63.4 Å². The van der Waals surface area contributed by atoms with Crippen molar-refractivity contribution in [2.75, 3.05) is 13.7 Å². The van der Waals surface area contributed by atoms with Crippen molar-refractivity contribution in [2.24, 2.45) is 5.92 Å². The zero-order valence-electron chi connectivity index (χ0n) is 14.3. The Balaban J connectivity index is 1.42. The number of rotatable bonds is 4. The number of ether oxygens (including phenoxy) is 2. The molecule has 3 aromatic rings. The van der Waals surface area contributed by atoms with Crippen molar-refractivity contribution in [1.29, 1.82) is 0 Å². The molecule has 2 aromatic carbocycles. The van der Waals surface area contributed by atoms with Crippen LogP contribution in [0.25, 0.3) is 10.9 Å². The van der Waals surface area contributed by atoms with Gasteiger partial charge in [-0.1, -0.05) is 12.1 Å². The first-order chi connectivity index (χ1) is 12.6. The van der Waals surface area contributed by atoms with Gasteiger partial charge in [-0.25, -0.2) is 4.39 Å². The third-order valence-corrected chi connectivity index (χ3v) is 4.64. The van der Waals surface area contributed by atoms with Crippen LogP contribution in [0, 0.1) is 11.7 Å². The molecule has 0 spiro atoms. The van der Waals surface area contributed by atoms with Crippen LogP contribution in [-0.2, 0) is 17.8 Å². The van der Waals surface area contributed by atoms with Gasteiger partial charge in [0.25, 0.3) is 0 Å². The van der Waals surface area contributed by atoms with Gasteiger partial charge in [0, 0.05) is 16.6 Å². The number of aromatic amines is 1. The molecule has 5 nitrogen and oxygen atoms in total. The van der Waals surface area contributed by atoms with E-state index in [1.165, 1.54) is 12.1 Å². The van der Waals surface area contributed by atoms with E-state index >= 15 is 0 Å². The predicted octanol–water partition coefficient (Wildman–Crippen LogP) is 3.18. The molecule has 1 amide bonds. The van der Waals surface area contributed by atoms with Crippen LogP contribution in [0.4, 0.5) is 4.39 Å². The molecule has 0 radical (unpaired) electrons. The molecule has 4 rings (SSSR count). The lowest BCUT2D eigenvalue weighted by Gasteiger charge is -2.25. The number of fused-ring (bicyclic) bond motifs is 2. The summed E-state index contributed by atoms with van der Waals surface area (Å²) in [6.45, 7) is 0.674. The number of aromatic nitrogens is 1. The highest BCUT2D eigenvalue weighted by molar-refractivity contribution is 5.82. The van der Waals surface area contributed by atoms with Crippen molar-refractivity contribution >= 4 is 16.8 Å². The molecule has 0 unspecified atom stereocenters. The van der Waals surface area contributed by atoms with Crippen molar-refractivity contribution in [3.05, 3.63) is 59.5 Å². The predicted molar refractivity (Wildman–Crippen MR) is 95.8 cm³/mol. The number of hydrogen-bond acceptors (Lipinski definition) is 3. The molecule has 0 bridgehead atoms. The van der Waals surface area contributed by atoms with Gasteiger partial charge in [-0.15, -0.1) is 0 Å². The van der Waals surface area contributed by atoms with Crippen LogP contribution in [0.1, 0.15) is 11.3 Å². The molecule has 26 heavy (non-hydrogen) atoms. The number of carbonyl (C=O) groups is 1. The first-order valence-corrected chi connectivity index (χ1v) is 8.47. The van der Waals surface area contributed by atoms with Crippen LogP contribution < -0.4 is 14.8 Å². The maximum Gasteiger partial charge on any atom is 0.227 e. The molecule has 1 atom stereocenters. The summed E-state index contributed by atoms with van der Waals surface area (Å²) in [5.41, 5.74) is 2.65. The van der Waals surface area contributed by atoms with Crippen molar-refractivity contribution in [2.45, 2.75) is 13.0 Å². The van der Waals surface area contributed by atoms with Gasteiger partial charge in [0.2, 0.25) is 5.91 Å². The number of para-hydroxylation sites is 1. The summed E-state index contributed by atoms with van der Waals surface area (Å²) in [7, 11) is 1.60. The zero-order chi connectivity index (χ0) is 18.1. The Morgan fingerprint density at radius 3 is 3.08 bits per heavy atom.